The molecule has 0 unspecified atom stereocenters. The second-order valence-electron chi connectivity index (χ2n) is 7.05. The third kappa shape index (κ3) is 4.28. The number of nitrogens with zero attached hydrogens (tertiary/aromatic N) is 3. The maximum Gasteiger partial charge on any atom is 0.320 e. The normalized spacial score (nSPS) is 18.9. The maximum absolute atomic E-state index is 12.1. The average molecular weight is 355 g/mol. The molecule has 3 heterocycles. The first-order valence-corrected chi connectivity index (χ1v) is 9.39. The van der Waals surface area contributed by atoms with E-state index in [-0.39, 0.29) is 12.1 Å². The molecule has 0 radical (unpaired) electrons. The van der Waals surface area contributed by atoms with Gasteiger partial charge in [0.2, 0.25) is 0 Å². The lowest BCUT2D eigenvalue weighted by Crippen LogP contribution is -2.36. The molecule has 26 heavy (non-hydrogen) atoms. The Balaban J connectivity index is 1.43. The molecule has 1 aliphatic heterocycles. The minimum absolute atomic E-state index is 0.179. The average Bonchev–Trinajstić information content (AvgIpc) is 3.15. The number of fused-ring (bicyclic) bond motifs is 1. The topological polar surface area (TPSA) is 79.4 Å². The van der Waals surface area contributed by atoms with Crippen LogP contribution in [-0.4, -0.2) is 53.2 Å². The van der Waals surface area contributed by atoms with E-state index in [1.165, 1.54) is 12.8 Å². The van der Waals surface area contributed by atoms with Crippen molar-refractivity contribution in [3.05, 3.63) is 30.0 Å². The van der Waals surface area contributed by atoms with E-state index in [1.807, 2.05) is 12.3 Å². The Morgan fingerprint density at radius 1 is 1.19 bits per heavy atom. The van der Waals surface area contributed by atoms with Gasteiger partial charge in [-0.25, -0.2) is 9.78 Å². The summed E-state index contributed by atoms with van der Waals surface area (Å²) >= 11 is 0. The number of hydrogen-bond donors (Lipinski definition) is 2. The first-order chi connectivity index (χ1) is 12.8. The molecule has 7 nitrogen and oxygen atoms in total. The SMILES string of the molecule is O=C(Nc1ccc2ncc(CN3CCOCC3)cc2n1)NC1CCCC1. The van der Waals surface area contributed by atoms with Crippen LogP contribution in [0.15, 0.2) is 24.4 Å². The number of morpholine rings is 1. The van der Waals surface area contributed by atoms with Crippen LogP contribution in [0.2, 0.25) is 0 Å². The van der Waals surface area contributed by atoms with Gasteiger partial charge in [-0.15, -0.1) is 0 Å². The Bertz CT molecular complexity index is 770. The van der Waals surface area contributed by atoms with E-state index in [1.54, 1.807) is 6.07 Å². The van der Waals surface area contributed by atoms with Crippen molar-refractivity contribution < 1.29 is 9.53 Å². The van der Waals surface area contributed by atoms with E-state index in [9.17, 15) is 4.79 Å². The van der Waals surface area contributed by atoms with Crippen molar-refractivity contribution in [2.45, 2.75) is 38.3 Å². The lowest BCUT2D eigenvalue weighted by Gasteiger charge is -2.26. The Morgan fingerprint density at radius 2 is 2.00 bits per heavy atom. The number of urea groups is 1. The van der Waals surface area contributed by atoms with Gasteiger partial charge in [0.05, 0.1) is 24.2 Å². The van der Waals surface area contributed by atoms with E-state index in [0.717, 1.165) is 62.3 Å². The zero-order chi connectivity index (χ0) is 17.8. The fourth-order valence-corrected chi connectivity index (χ4v) is 3.63. The second-order valence-corrected chi connectivity index (χ2v) is 7.05. The third-order valence-electron chi connectivity index (χ3n) is 5.04. The number of anilines is 1. The molecule has 2 aromatic rings. The standard InChI is InChI=1S/C19H25N5O2/c25-19(21-15-3-1-2-4-15)23-18-6-5-16-17(22-18)11-14(12-20-16)13-24-7-9-26-10-8-24/h5-6,11-12,15H,1-4,7-10,13H2,(H2,21,22,23,25). The summed E-state index contributed by atoms with van der Waals surface area (Å²) in [5.41, 5.74) is 2.76. The summed E-state index contributed by atoms with van der Waals surface area (Å²) in [6.07, 6.45) is 6.41. The van der Waals surface area contributed by atoms with Crippen LogP contribution in [0, 0.1) is 0 Å². The number of carbonyl (C=O) groups excluding carboxylic acids is 1. The van der Waals surface area contributed by atoms with Crippen LogP contribution in [0.4, 0.5) is 10.6 Å². The summed E-state index contributed by atoms with van der Waals surface area (Å²) in [4.78, 5) is 23.6. The van der Waals surface area contributed by atoms with Crippen molar-refractivity contribution in [1.82, 2.24) is 20.2 Å². The van der Waals surface area contributed by atoms with Gasteiger partial charge in [-0.1, -0.05) is 12.8 Å². The summed E-state index contributed by atoms with van der Waals surface area (Å²) in [7, 11) is 0. The molecule has 7 heteroatoms. The number of pyridine rings is 2. The molecule has 0 aromatic carbocycles. The van der Waals surface area contributed by atoms with E-state index in [4.69, 9.17) is 4.74 Å². The van der Waals surface area contributed by atoms with Gasteiger partial charge in [0, 0.05) is 31.9 Å². The smallest absolute Gasteiger partial charge is 0.320 e. The minimum Gasteiger partial charge on any atom is -0.379 e. The van der Waals surface area contributed by atoms with Crippen molar-refractivity contribution in [3.8, 4) is 0 Å². The highest BCUT2D eigenvalue weighted by atomic mass is 16.5. The molecule has 0 bridgehead atoms. The minimum atomic E-state index is -0.179. The molecule has 2 N–H and O–H groups in total. The van der Waals surface area contributed by atoms with Gasteiger partial charge in [-0.3, -0.25) is 15.2 Å². The van der Waals surface area contributed by atoms with Gasteiger partial charge >= 0.3 is 6.03 Å². The molecule has 2 fully saturated rings. The van der Waals surface area contributed by atoms with Crippen molar-refractivity contribution in [2.75, 3.05) is 31.6 Å². The van der Waals surface area contributed by atoms with Gasteiger partial charge in [0.15, 0.2) is 0 Å². The third-order valence-corrected chi connectivity index (χ3v) is 5.04. The molecule has 2 amide bonds. The summed E-state index contributed by atoms with van der Waals surface area (Å²) in [5.74, 6) is 0.554. The highest BCUT2D eigenvalue weighted by Crippen LogP contribution is 2.19. The van der Waals surface area contributed by atoms with Crippen molar-refractivity contribution >= 4 is 22.9 Å². The number of amides is 2. The number of ether oxygens (including phenoxy) is 1. The summed E-state index contributed by atoms with van der Waals surface area (Å²) < 4.78 is 5.39. The van der Waals surface area contributed by atoms with Crippen LogP contribution in [0.1, 0.15) is 31.2 Å². The fourth-order valence-electron chi connectivity index (χ4n) is 3.63. The molecule has 138 valence electrons. The molecule has 0 atom stereocenters. The number of nitrogens with one attached hydrogen (secondary N) is 2. The van der Waals surface area contributed by atoms with Gasteiger partial charge in [-0.05, 0) is 36.6 Å². The van der Waals surface area contributed by atoms with Gasteiger partial charge < -0.3 is 10.1 Å². The first kappa shape index (κ1) is 17.2. The van der Waals surface area contributed by atoms with Crippen LogP contribution < -0.4 is 10.6 Å². The molecule has 4 rings (SSSR count). The van der Waals surface area contributed by atoms with Crippen LogP contribution in [0.25, 0.3) is 11.0 Å². The fraction of sp³-hybridized carbons (Fsp3) is 0.526. The largest absolute Gasteiger partial charge is 0.379 e. The summed E-state index contributed by atoms with van der Waals surface area (Å²) in [5, 5.41) is 5.86. The summed E-state index contributed by atoms with van der Waals surface area (Å²) in [6.45, 7) is 4.28. The molecule has 1 saturated heterocycles. The highest BCUT2D eigenvalue weighted by molar-refractivity contribution is 5.90. The number of rotatable bonds is 4. The Morgan fingerprint density at radius 3 is 2.81 bits per heavy atom. The molecule has 2 aromatic heterocycles. The predicted molar refractivity (Wildman–Crippen MR) is 100 cm³/mol. The van der Waals surface area contributed by atoms with E-state index in [0.29, 0.717) is 5.82 Å². The highest BCUT2D eigenvalue weighted by Gasteiger charge is 2.17. The Labute approximate surface area is 153 Å². The Kier molecular flexibility index (Phi) is 5.26. The Hall–Kier alpha value is -2.25. The lowest BCUT2D eigenvalue weighted by molar-refractivity contribution is 0.0341. The quantitative estimate of drug-likeness (QED) is 0.881. The molecule has 0 spiro atoms. The van der Waals surface area contributed by atoms with E-state index < -0.39 is 0 Å². The zero-order valence-corrected chi connectivity index (χ0v) is 14.9. The number of carbonyl (C=O) groups is 1. The van der Waals surface area contributed by atoms with Crippen molar-refractivity contribution in [3.63, 3.8) is 0 Å². The predicted octanol–water partition coefficient (Wildman–Crippen LogP) is 2.53. The molecule has 1 aliphatic carbocycles. The second kappa shape index (κ2) is 7.97. The molecule has 1 saturated carbocycles. The van der Waals surface area contributed by atoms with Gasteiger partial charge in [0.1, 0.15) is 5.82 Å². The maximum atomic E-state index is 12.1. The molecular formula is C19H25N5O2. The summed E-state index contributed by atoms with van der Waals surface area (Å²) in [6, 6.07) is 5.85. The van der Waals surface area contributed by atoms with E-state index in [2.05, 4.69) is 31.6 Å². The van der Waals surface area contributed by atoms with Crippen molar-refractivity contribution in [1.29, 1.82) is 0 Å². The van der Waals surface area contributed by atoms with Crippen molar-refractivity contribution in [2.24, 2.45) is 0 Å². The van der Waals surface area contributed by atoms with Crippen LogP contribution >= 0.6 is 0 Å². The van der Waals surface area contributed by atoms with Gasteiger partial charge in [0.25, 0.3) is 0 Å². The van der Waals surface area contributed by atoms with E-state index >= 15 is 0 Å². The number of hydrogen-bond acceptors (Lipinski definition) is 5. The molecule has 2 aliphatic rings. The monoisotopic (exact) mass is 355 g/mol. The first-order valence-electron chi connectivity index (χ1n) is 9.39. The lowest BCUT2D eigenvalue weighted by atomic mass is 10.2. The van der Waals surface area contributed by atoms with Gasteiger partial charge in [-0.2, -0.15) is 0 Å². The zero-order valence-electron chi connectivity index (χ0n) is 14.9. The van der Waals surface area contributed by atoms with Crippen LogP contribution in [-0.2, 0) is 11.3 Å². The van der Waals surface area contributed by atoms with Crippen LogP contribution in [0.3, 0.4) is 0 Å². The number of aromatic nitrogens is 2. The molecular weight excluding hydrogens is 330 g/mol. The van der Waals surface area contributed by atoms with Crippen LogP contribution in [0.5, 0.6) is 0 Å².